The van der Waals surface area contributed by atoms with Crippen molar-refractivity contribution in [1.82, 2.24) is 0 Å². The van der Waals surface area contributed by atoms with Gasteiger partial charge in [0.15, 0.2) is 0 Å². The number of methoxy groups -OCH3 is 1. The summed E-state index contributed by atoms with van der Waals surface area (Å²) in [6, 6.07) is 7.90. The average Bonchev–Trinajstić information content (AvgIpc) is 2.27. The van der Waals surface area contributed by atoms with Gasteiger partial charge in [0, 0.05) is 0 Å². The molecule has 72 valence electrons. The summed E-state index contributed by atoms with van der Waals surface area (Å²) in [5.74, 6) is 1.65. The largest absolute Gasteiger partial charge is 0.497 e. The Bertz CT molecular complexity index is 381. The van der Waals surface area contributed by atoms with Crippen LogP contribution in [0.1, 0.15) is 5.56 Å². The van der Waals surface area contributed by atoms with Crippen LogP contribution in [0.25, 0.3) is 0 Å². The smallest absolute Gasteiger partial charge is 0.122 e. The van der Waals surface area contributed by atoms with Crippen LogP contribution in [0.15, 0.2) is 18.2 Å². The number of benzene rings is 1. The number of fused-ring (bicyclic) bond motifs is 1. The molecule has 14 heavy (non-hydrogen) atoms. The minimum atomic E-state index is -0.0328. The number of hydrogen-bond donors (Lipinski definition) is 0. The van der Waals surface area contributed by atoms with Crippen LogP contribution in [0, 0.1) is 17.2 Å². The van der Waals surface area contributed by atoms with Crippen molar-refractivity contribution in [3.8, 4) is 17.6 Å². The summed E-state index contributed by atoms with van der Waals surface area (Å²) in [5.41, 5.74) is 1.06. The summed E-state index contributed by atoms with van der Waals surface area (Å²) >= 11 is 0. The van der Waals surface area contributed by atoms with Gasteiger partial charge < -0.3 is 9.47 Å². The van der Waals surface area contributed by atoms with Crippen molar-refractivity contribution in [2.24, 2.45) is 5.92 Å². The van der Waals surface area contributed by atoms with E-state index in [4.69, 9.17) is 14.7 Å². The first-order valence-corrected chi connectivity index (χ1v) is 4.53. The first-order chi connectivity index (χ1) is 6.83. The van der Waals surface area contributed by atoms with E-state index in [0.29, 0.717) is 6.61 Å². The van der Waals surface area contributed by atoms with E-state index >= 15 is 0 Å². The second-order valence-corrected chi connectivity index (χ2v) is 3.31. The first-order valence-electron chi connectivity index (χ1n) is 4.53. The molecule has 1 atom stereocenters. The normalized spacial score (nSPS) is 19.0. The molecule has 2 rings (SSSR count). The predicted octanol–water partition coefficient (Wildman–Crippen LogP) is 1.77. The third kappa shape index (κ3) is 1.51. The molecule has 1 aliphatic rings. The maximum Gasteiger partial charge on any atom is 0.122 e. The summed E-state index contributed by atoms with van der Waals surface area (Å²) < 4.78 is 10.6. The molecule has 1 aromatic rings. The van der Waals surface area contributed by atoms with Gasteiger partial charge >= 0.3 is 0 Å². The molecule has 0 amide bonds. The fourth-order valence-corrected chi connectivity index (χ4v) is 1.58. The Hall–Kier alpha value is -1.69. The average molecular weight is 189 g/mol. The molecule has 0 aromatic heterocycles. The summed E-state index contributed by atoms with van der Waals surface area (Å²) in [5, 5.41) is 8.78. The summed E-state index contributed by atoms with van der Waals surface area (Å²) in [7, 11) is 1.63. The summed E-state index contributed by atoms with van der Waals surface area (Å²) in [4.78, 5) is 0. The zero-order valence-electron chi connectivity index (χ0n) is 7.99. The highest BCUT2D eigenvalue weighted by molar-refractivity contribution is 5.42. The van der Waals surface area contributed by atoms with Crippen molar-refractivity contribution in [2.45, 2.75) is 6.42 Å². The lowest BCUT2D eigenvalue weighted by molar-refractivity contribution is 0.252. The molecular weight excluding hydrogens is 178 g/mol. The SMILES string of the molecule is COc1ccc2c(c1)CC(C#N)CO2. The van der Waals surface area contributed by atoms with Crippen molar-refractivity contribution >= 4 is 0 Å². The van der Waals surface area contributed by atoms with Gasteiger partial charge in [-0.2, -0.15) is 5.26 Å². The van der Waals surface area contributed by atoms with Crippen LogP contribution in [0.2, 0.25) is 0 Å². The third-order valence-electron chi connectivity index (χ3n) is 2.36. The highest BCUT2D eigenvalue weighted by Crippen LogP contribution is 2.30. The summed E-state index contributed by atoms with van der Waals surface area (Å²) in [6.07, 6.45) is 0.753. The molecule has 3 heteroatoms. The maximum atomic E-state index is 8.78. The Kier molecular flexibility index (Phi) is 2.28. The van der Waals surface area contributed by atoms with Gasteiger partial charge in [0.25, 0.3) is 0 Å². The van der Waals surface area contributed by atoms with E-state index in [1.807, 2.05) is 18.2 Å². The highest BCUT2D eigenvalue weighted by Gasteiger charge is 2.19. The number of nitriles is 1. The number of ether oxygens (including phenoxy) is 2. The van der Waals surface area contributed by atoms with Crippen molar-refractivity contribution in [3.63, 3.8) is 0 Å². The zero-order chi connectivity index (χ0) is 9.97. The van der Waals surface area contributed by atoms with E-state index in [-0.39, 0.29) is 5.92 Å². The van der Waals surface area contributed by atoms with Gasteiger partial charge in [0.2, 0.25) is 0 Å². The van der Waals surface area contributed by atoms with Crippen molar-refractivity contribution in [1.29, 1.82) is 5.26 Å². The number of rotatable bonds is 1. The van der Waals surface area contributed by atoms with Crippen LogP contribution in [0.3, 0.4) is 0 Å². The quantitative estimate of drug-likeness (QED) is 0.676. The van der Waals surface area contributed by atoms with Gasteiger partial charge in [-0.05, 0) is 30.2 Å². The molecule has 1 heterocycles. The molecule has 0 N–H and O–H groups in total. The van der Waals surface area contributed by atoms with Crippen LogP contribution in [-0.2, 0) is 6.42 Å². The van der Waals surface area contributed by atoms with Gasteiger partial charge in [0.05, 0.1) is 19.1 Å². The molecule has 0 fully saturated rings. The van der Waals surface area contributed by atoms with Gasteiger partial charge in [-0.1, -0.05) is 0 Å². The third-order valence-corrected chi connectivity index (χ3v) is 2.36. The van der Waals surface area contributed by atoms with Crippen molar-refractivity contribution in [2.75, 3.05) is 13.7 Å². The molecule has 1 aromatic carbocycles. The monoisotopic (exact) mass is 189 g/mol. The Morgan fingerprint density at radius 3 is 3.14 bits per heavy atom. The molecule has 0 radical (unpaired) electrons. The number of hydrogen-bond acceptors (Lipinski definition) is 3. The van der Waals surface area contributed by atoms with E-state index in [1.54, 1.807) is 7.11 Å². The second kappa shape index (κ2) is 3.59. The fourth-order valence-electron chi connectivity index (χ4n) is 1.58. The molecule has 1 aliphatic heterocycles. The van der Waals surface area contributed by atoms with Gasteiger partial charge in [-0.25, -0.2) is 0 Å². The topological polar surface area (TPSA) is 42.2 Å². The van der Waals surface area contributed by atoms with Crippen LogP contribution in [0.5, 0.6) is 11.5 Å². The zero-order valence-corrected chi connectivity index (χ0v) is 7.99. The summed E-state index contributed by atoms with van der Waals surface area (Å²) in [6.45, 7) is 0.496. The van der Waals surface area contributed by atoms with Crippen LogP contribution >= 0.6 is 0 Å². The molecule has 1 unspecified atom stereocenters. The van der Waals surface area contributed by atoms with Crippen molar-refractivity contribution < 1.29 is 9.47 Å². The van der Waals surface area contributed by atoms with Gasteiger partial charge in [0.1, 0.15) is 18.1 Å². The lowest BCUT2D eigenvalue weighted by Crippen LogP contribution is -2.19. The van der Waals surface area contributed by atoms with E-state index in [9.17, 15) is 0 Å². The van der Waals surface area contributed by atoms with Crippen LogP contribution in [0.4, 0.5) is 0 Å². The van der Waals surface area contributed by atoms with E-state index in [1.165, 1.54) is 0 Å². The second-order valence-electron chi connectivity index (χ2n) is 3.31. The molecule has 0 saturated heterocycles. The lowest BCUT2D eigenvalue weighted by Gasteiger charge is -2.21. The Balaban J connectivity index is 2.30. The minimum absolute atomic E-state index is 0.0328. The Morgan fingerprint density at radius 1 is 1.57 bits per heavy atom. The maximum absolute atomic E-state index is 8.78. The highest BCUT2D eigenvalue weighted by atomic mass is 16.5. The molecule has 3 nitrogen and oxygen atoms in total. The van der Waals surface area contributed by atoms with E-state index < -0.39 is 0 Å². The molecular formula is C11H11NO2. The van der Waals surface area contributed by atoms with Gasteiger partial charge in [-0.15, -0.1) is 0 Å². The lowest BCUT2D eigenvalue weighted by atomic mass is 9.98. The molecule has 0 aliphatic carbocycles. The Labute approximate surface area is 82.9 Å². The fraction of sp³-hybridized carbons (Fsp3) is 0.364. The number of nitrogens with zero attached hydrogens (tertiary/aromatic N) is 1. The molecule has 0 bridgehead atoms. The van der Waals surface area contributed by atoms with Gasteiger partial charge in [-0.3, -0.25) is 0 Å². The van der Waals surface area contributed by atoms with Crippen molar-refractivity contribution in [3.05, 3.63) is 23.8 Å². The predicted molar refractivity (Wildman–Crippen MR) is 51.3 cm³/mol. The molecule has 0 spiro atoms. The van der Waals surface area contributed by atoms with Crippen LogP contribution in [-0.4, -0.2) is 13.7 Å². The van der Waals surface area contributed by atoms with E-state index in [0.717, 1.165) is 23.5 Å². The first kappa shape index (κ1) is 8.89. The van der Waals surface area contributed by atoms with Crippen LogP contribution < -0.4 is 9.47 Å². The molecule has 0 saturated carbocycles. The Morgan fingerprint density at radius 2 is 2.43 bits per heavy atom. The van der Waals surface area contributed by atoms with E-state index in [2.05, 4.69) is 6.07 Å². The standard InChI is InChI=1S/C11H11NO2/c1-13-10-2-3-11-9(5-10)4-8(6-12)7-14-11/h2-3,5,8H,4,7H2,1H3. The minimum Gasteiger partial charge on any atom is -0.497 e.